The smallest absolute Gasteiger partial charge is 0.309 e. The molecule has 48 heavy (non-hydrogen) atoms. The number of allylic oxidation sites excluding steroid dienone is 1. The van der Waals surface area contributed by atoms with Crippen LogP contribution in [0.5, 0.6) is 0 Å². The molecule has 4 unspecified atom stereocenters. The number of carbonyl (C=O) groups is 2. The summed E-state index contributed by atoms with van der Waals surface area (Å²) in [5.74, 6) is -0.695. The van der Waals surface area contributed by atoms with Gasteiger partial charge in [-0.25, -0.2) is 0 Å². The number of hydrogen-bond donors (Lipinski definition) is 1. The highest BCUT2D eigenvalue weighted by molar-refractivity contribution is 5.73. The lowest BCUT2D eigenvalue weighted by Gasteiger charge is -2.72. The Morgan fingerprint density at radius 1 is 0.896 bits per heavy atom. The zero-order valence-electron chi connectivity index (χ0n) is 30.3. The van der Waals surface area contributed by atoms with Crippen LogP contribution in [0.15, 0.2) is 42.0 Å². The van der Waals surface area contributed by atoms with E-state index in [1.807, 2.05) is 30.3 Å². The molecule has 1 aliphatic heterocycles. The molecule has 1 spiro atoms. The molecule has 4 saturated carbocycles. The summed E-state index contributed by atoms with van der Waals surface area (Å²) < 4.78 is 24.8. The van der Waals surface area contributed by atoms with E-state index in [1.165, 1.54) is 12.5 Å². The number of aliphatic hydroxyl groups is 1. The molecule has 7 nitrogen and oxygen atoms in total. The number of hydrogen-bond acceptors (Lipinski definition) is 7. The fourth-order valence-corrected chi connectivity index (χ4v) is 12.8. The first-order valence-electron chi connectivity index (χ1n) is 18.6. The molecule has 1 heterocycles. The Morgan fingerprint density at radius 3 is 2.29 bits per heavy atom. The topological polar surface area (TPSA) is 91.3 Å². The number of esters is 2. The van der Waals surface area contributed by atoms with Crippen LogP contribution in [-0.4, -0.2) is 48.8 Å². The predicted octanol–water partition coefficient (Wildman–Crippen LogP) is 7.64. The molecule has 1 aromatic rings. The van der Waals surface area contributed by atoms with Crippen molar-refractivity contribution in [3.63, 3.8) is 0 Å². The van der Waals surface area contributed by atoms with E-state index in [9.17, 15) is 14.7 Å². The van der Waals surface area contributed by atoms with Crippen LogP contribution in [0.25, 0.3) is 0 Å². The van der Waals surface area contributed by atoms with E-state index >= 15 is 0 Å². The highest BCUT2D eigenvalue weighted by Crippen LogP contribution is 2.76. The molecular weight excluding hydrogens is 604 g/mol. The molecule has 1 saturated heterocycles. The number of aliphatic hydroxyl groups excluding tert-OH is 1. The minimum Gasteiger partial charge on any atom is -0.465 e. The summed E-state index contributed by atoms with van der Waals surface area (Å²) in [5.41, 5.74) is 1.21. The highest BCUT2D eigenvalue weighted by atomic mass is 16.7. The van der Waals surface area contributed by atoms with E-state index in [0.29, 0.717) is 26.4 Å². The average molecular weight is 663 g/mol. The highest BCUT2D eigenvalue weighted by Gasteiger charge is 2.73. The van der Waals surface area contributed by atoms with Gasteiger partial charge in [0.15, 0.2) is 5.79 Å². The van der Waals surface area contributed by atoms with Crippen molar-refractivity contribution in [2.45, 2.75) is 118 Å². The van der Waals surface area contributed by atoms with Crippen LogP contribution in [0.1, 0.15) is 105 Å². The van der Waals surface area contributed by atoms with E-state index in [-0.39, 0.29) is 63.2 Å². The van der Waals surface area contributed by atoms with Gasteiger partial charge < -0.3 is 24.1 Å². The van der Waals surface area contributed by atoms with Gasteiger partial charge in [-0.2, -0.15) is 0 Å². The summed E-state index contributed by atoms with van der Waals surface area (Å²) >= 11 is 0. The Morgan fingerprint density at radius 2 is 1.60 bits per heavy atom. The summed E-state index contributed by atoms with van der Waals surface area (Å²) in [7, 11) is 0. The molecule has 1 aromatic carbocycles. The fraction of sp³-hybridized carbons (Fsp3) is 0.756. The van der Waals surface area contributed by atoms with E-state index in [4.69, 9.17) is 18.9 Å². The van der Waals surface area contributed by atoms with E-state index < -0.39 is 17.3 Å². The van der Waals surface area contributed by atoms with Crippen LogP contribution in [0.2, 0.25) is 0 Å². The Labute approximate surface area is 287 Å². The zero-order valence-corrected chi connectivity index (χ0v) is 30.3. The van der Waals surface area contributed by atoms with Crippen molar-refractivity contribution in [2.24, 2.45) is 56.7 Å². The van der Waals surface area contributed by atoms with Gasteiger partial charge in [0.1, 0.15) is 6.61 Å². The van der Waals surface area contributed by atoms with Gasteiger partial charge in [0.05, 0.1) is 31.8 Å². The van der Waals surface area contributed by atoms with Crippen molar-refractivity contribution in [1.82, 2.24) is 0 Å². The van der Waals surface area contributed by atoms with Crippen molar-refractivity contribution < 1.29 is 33.6 Å². The van der Waals surface area contributed by atoms with E-state index in [1.54, 1.807) is 0 Å². The van der Waals surface area contributed by atoms with Gasteiger partial charge in [0, 0.05) is 30.1 Å². The summed E-state index contributed by atoms with van der Waals surface area (Å²) in [6, 6.07) is 9.94. The molecule has 5 fully saturated rings. The maximum absolute atomic E-state index is 13.9. The third-order valence-electron chi connectivity index (χ3n) is 15.1. The molecule has 9 atom stereocenters. The van der Waals surface area contributed by atoms with Gasteiger partial charge in [0.25, 0.3) is 0 Å². The van der Waals surface area contributed by atoms with Gasteiger partial charge in [-0.05, 0) is 84.5 Å². The summed E-state index contributed by atoms with van der Waals surface area (Å²) in [6.07, 6.45) is 8.72. The third kappa shape index (κ3) is 4.98. The lowest BCUT2D eigenvalue weighted by molar-refractivity contribution is -0.321. The second-order valence-electron chi connectivity index (χ2n) is 18.2. The van der Waals surface area contributed by atoms with Crippen LogP contribution >= 0.6 is 0 Å². The van der Waals surface area contributed by atoms with Crippen LogP contribution < -0.4 is 0 Å². The average Bonchev–Trinajstić information content (AvgIpc) is 3.52. The molecular formula is C41H58O7. The molecule has 0 aromatic heterocycles. The first-order chi connectivity index (χ1) is 22.6. The van der Waals surface area contributed by atoms with Crippen LogP contribution in [0.3, 0.4) is 0 Å². The maximum Gasteiger partial charge on any atom is 0.309 e. The van der Waals surface area contributed by atoms with Gasteiger partial charge in [-0.3, -0.25) is 9.59 Å². The summed E-state index contributed by atoms with van der Waals surface area (Å²) in [6.45, 7) is 17.3. The molecule has 5 aliphatic carbocycles. The van der Waals surface area contributed by atoms with E-state index in [2.05, 4.69) is 47.6 Å². The first-order valence-corrected chi connectivity index (χ1v) is 18.6. The van der Waals surface area contributed by atoms with Crippen molar-refractivity contribution in [1.29, 1.82) is 0 Å². The lowest BCUT2D eigenvalue weighted by atomic mass is 9.33. The quantitative estimate of drug-likeness (QED) is 0.256. The molecule has 0 radical (unpaired) electrons. The fourth-order valence-electron chi connectivity index (χ4n) is 12.8. The normalized spacial score (nSPS) is 42.0. The molecule has 0 bridgehead atoms. The van der Waals surface area contributed by atoms with Crippen LogP contribution in [-0.2, 0) is 35.1 Å². The Kier molecular flexibility index (Phi) is 8.32. The largest absolute Gasteiger partial charge is 0.465 e. The second kappa shape index (κ2) is 11.7. The van der Waals surface area contributed by atoms with Crippen LogP contribution in [0, 0.1) is 56.7 Å². The van der Waals surface area contributed by atoms with Crippen molar-refractivity contribution in [3.8, 4) is 0 Å². The number of ether oxygens (including phenoxy) is 4. The molecule has 6 aliphatic rings. The molecule has 264 valence electrons. The van der Waals surface area contributed by atoms with Gasteiger partial charge in [-0.1, -0.05) is 83.5 Å². The Balaban J connectivity index is 1.25. The predicted molar refractivity (Wildman–Crippen MR) is 182 cm³/mol. The zero-order chi connectivity index (χ0) is 34.3. The number of fused-ring (bicyclic) bond motifs is 7. The minimum atomic E-state index is -0.682. The SMILES string of the molecule is CC(=O)OC[C@]12CCC3(OCCO3)C(C)(C)C1CC[C@]1(C)C2[C@@H](O)C=C2C3CC(C)(C)C[C@@H](C(=O)OCc4ccccc4)C3CC[C@]21C. The molecule has 7 heteroatoms. The van der Waals surface area contributed by atoms with E-state index in [0.717, 1.165) is 56.9 Å². The molecule has 0 amide bonds. The van der Waals surface area contributed by atoms with Gasteiger partial charge in [0.2, 0.25) is 0 Å². The standard InChI is InChI=1S/C41H58O7/c1-26(42)46-25-40-17-18-41(47-19-20-48-41)37(4,5)33(40)14-16-39(7)34(40)32(43)21-31-29-22-36(2,3)23-30(28(29)13-15-38(31,39)6)35(44)45-24-27-11-9-8-10-12-27/h8-12,21,28-30,32-34,43H,13-20,22-25H2,1-7H3/t28?,29?,30-,32+,33?,34?,38-,39-,40-/m1/s1. The molecule has 1 N–H and O–H groups in total. The van der Waals surface area contributed by atoms with Crippen molar-refractivity contribution >= 4 is 11.9 Å². The Hall–Kier alpha value is -2.22. The summed E-state index contributed by atoms with van der Waals surface area (Å²) in [4.78, 5) is 26.3. The monoisotopic (exact) mass is 662 g/mol. The number of benzene rings is 1. The van der Waals surface area contributed by atoms with Crippen molar-refractivity contribution in [2.75, 3.05) is 19.8 Å². The first kappa shape index (κ1) is 34.2. The van der Waals surface area contributed by atoms with Crippen LogP contribution in [0.4, 0.5) is 0 Å². The third-order valence-corrected chi connectivity index (χ3v) is 15.1. The van der Waals surface area contributed by atoms with Gasteiger partial charge >= 0.3 is 11.9 Å². The number of carbonyl (C=O) groups excluding carboxylic acids is 2. The lowest BCUT2D eigenvalue weighted by Crippen LogP contribution is -2.71. The molecule has 7 rings (SSSR count). The second-order valence-corrected chi connectivity index (χ2v) is 18.2. The maximum atomic E-state index is 13.9. The van der Waals surface area contributed by atoms with Crippen molar-refractivity contribution in [3.05, 3.63) is 47.5 Å². The Bertz CT molecular complexity index is 1440. The summed E-state index contributed by atoms with van der Waals surface area (Å²) in [5, 5.41) is 12.6. The van der Waals surface area contributed by atoms with Gasteiger partial charge in [-0.15, -0.1) is 0 Å². The minimum absolute atomic E-state index is 0.0311. The number of rotatable bonds is 5.